The molecule has 0 bridgehead atoms. The Morgan fingerprint density at radius 1 is 1.44 bits per heavy atom. The molecular weight excluding hydrogens is 214 g/mol. The fourth-order valence-corrected chi connectivity index (χ4v) is 1.23. The van der Waals surface area contributed by atoms with Crippen LogP contribution < -0.4 is 11.1 Å². The van der Waals surface area contributed by atoms with Crippen LogP contribution in [0.25, 0.3) is 0 Å². The number of alkyl halides is 2. The van der Waals surface area contributed by atoms with Gasteiger partial charge in [0.15, 0.2) is 0 Å². The Kier molecular flexibility index (Phi) is 4.98. The van der Waals surface area contributed by atoms with Gasteiger partial charge in [0.05, 0.1) is 6.61 Å². The first-order valence-corrected chi connectivity index (χ1v) is 5.05. The van der Waals surface area contributed by atoms with Gasteiger partial charge in [-0.1, -0.05) is 0 Å². The second-order valence-corrected chi connectivity index (χ2v) is 3.46. The molecule has 0 aliphatic heterocycles. The minimum Gasteiger partial charge on any atom is -0.399 e. The molecule has 16 heavy (non-hydrogen) atoms. The highest BCUT2D eigenvalue weighted by Crippen LogP contribution is 2.16. The quantitative estimate of drug-likeness (QED) is 0.582. The molecule has 3 N–H and O–H groups in total. The molecule has 0 fully saturated rings. The van der Waals surface area contributed by atoms with Gasteiger partial charge in [0.1, 0.15) is 6.61 Å². The number of ether oxygens (including phenoxy) is 1. The van der Waals surface area contributed by atoms with Gasteiger partial charge < -0.3 is 15.8 Å². The van der Waals surface area contributed by atoms with E-state index in [1.54, 1.807) is 6.07 Å². The summed E-state index contributed by atoms with van der Waals surface area (Å²) >= 11 is 0. The van der Waals surface area contributed by atoms with E-state index in [-0.39, 0.29) is 6.61 Å². The fourth-order valence-electron chi connectivity index (χ4n) is 1.23. The third-order valence-corrected chi connectivity index (χ3v) is 2.09. The first kappa shape index (κ1) is 12.7. The molecule has 0 unspecified atom stereocenters. The van der Waals surface area contributed by atoms with Crippen molar-refractivity contribution in [2.24, 2.45) is 0 Å². The molecule has 0 radical (unpaired) electrons. The summed E-state index contributed by atoms with van der Waals surface area (Å²) in [5, 5.41) is 3.06. The second kappa shape index (κ2) is 6.27. The summed E-state index contributed by atoms with van der Waals surface area (Å²) in [5.41, 5.74) is 8.29. The minimum absolute atomic E-state index is 0.258. The van der Waals surface area contributed by atoms with Gasteiger partial charge in [-0.3, -0.25) is 0 Å². The van der Waals surface area contributed by atoms with Crippen molar-refractivity contribution in [2.75, 3.05) is 30.8 Å². The van der Waals surface area contributed by atoms with Crippen molar-refractivity contribution in [3.8, 4) is 0 Å². The summed E-state index contributed by atoms with van der Waals surface area (Å²) < 4.78 is 28.2. The van der Waals surface area contributed by atoms with E-state index in [1.165, 1.54) is 0 Å². The number of anilines is 2. The van der Waals surface area contributed by atoms with E-state index >= 15 is 0 Å². The lowest BCUT2D eigenvalue weighted by atomic mass is 10.2. The molecule has 90 valence electrons. The minimum atomic E-state index is -2.40. The highest BCUT2D eigenvalue weighted by atomic mass is 19.3. The van der Waals surface area contributed by atoms with Crippen LogP contribution in [-0.4, -0.2) is 26.2 Å². The maximum absolute atomic E-state index is 11.7. The lowest BCUT2D eigenvalue weighted by Crippen LogP contribution is -2.13. The first-order valence-electron chi connectivity index (χ1n) is 5.05. The van der Waals surface area contributed by atoms with Crippen molar-refractivity contribution in [3.05, 3.63) is 23.8 Å². The molecule has 1 aromatic carbocycles. The van der Waals surface area contributed by atoms with Crippen molar-refractivity contribution in [2.45, 2.75) is 13.3 Å². The SMILES string of the molecule is Cc1cc(NCCOCC(F)F)ccc1N. The molecular formula is C11H16F2N2O. The Hall–Kier alpha value is -1.36. The number of hydrogen-bond acceptors (Lipinski definition) is 3. The molecule has 0 saturated heterocycles. The van der Waals surface area contributed by atoms with E-state index in [4.69, 9.17) is 10.5 Å². The Morgan fingerprint density at radius 2 is 2.19 bits per heavy atom. The van der Waals surface area contributed by atoms with Crippen LogP contribution in [-0.2, 0) is 4.74 Å². The first-order chi connectivity index (χ1) is 7.59. The predicted octanol–water partition coefficient (Wildman–Crippen LogP) is 2.27. The number of nitrogens with one attached hydrogen (secondary N) is 1. The zero-order valence-corrected chi connectivity index (χ0v) is 9.17. The van der Waals surface area contributed by atoms with Gasteiger partial charge in [-0.05, 0) is 30.7 Å². The Balaban J connectivity index is 2.24. The Bertz CT molecular complexity index is 332. The van der Waals surface area contributed by atoms with Gasteiger partial charge in [-0.25, -0.2) is 8.78 Å². The molecule has 0 saturated carbocycles. The van der Waals surface area contributed by atoms with Crippen molar-refractivity contribution >= 4 is 11.4 Å². The molecule has 0 aliphatic rings. The normalized spacial score (nSPS) is 10.8. The van der Waals surface area contributed by atoms with Gasteiger partial charge in [-0.2, -0.15) is 0 Å². The Labute approximate surface area is 93.6 Å². The van der Waals surface area contributed by atoms with E-state index in [2.05, 4.69) is 5.32 Å². The van der Waals surface area contributed by atoms with Gasteiger partial charge in [-0.15, -0.1) is 0 Å². The van der Waals surface area contributed by atoms with Gasteiger partial charge in [0, 0.05) is 17.9 Å². The van der Waals surface area contributed by atoms with Gasteiger partial charge in [0.25, 0.3) is 6.43 Å². The number of rotatable bonds is 6. The average Bonchev–Trinajstić information content (AvgIpc) is 2.22. The van der Waals surface area contributed by atoms with E-state index in [0.717, 1.165) is 16.9 Å². The summed E-state index contributed by atoms with van der Waals surface area (Å²) in [4.78, 5) is 0. The number of nitrogen functional groups attached to an aromatic ring is 1. The summed E-state index contributed by atoms with van der Waals surface area (Å²) in [6, 6.07) is 5.55. The van der Waals surface area contributed by atoms with Crippen LogP contribution in [0, 0.1) is 6.92 Å². The fraction of sp³-hybridized carbons (Fsp3) is 0.455. The highest BCUT2D eigenvalue weighted by Gasteiger charge is 2.01. The monoisotopic (exact) mass is 230 g/mol. The van der Waals surface area contributed by atoms with Crippen molar-refractivity contribution < 1.29 is 13.5 Å². The predicted molar refractivity (Wildman–Crippen MR) is 60.9 cm³/mol. The number of hydrogen-bond donors (Lipinski definition) is 2. The number of halogens is 2. The lowest BCUT2D eigenvalue weighted by Gasteiger charge is -2.08. The van der Waals surface area contributed by atoms with Crippen LogP contribution in [0.2, 0.25) is 0 Å². The summed E-state index contributed by atoms with van der Waals surface area (Å²) in [5.74, 6) is 0. The number of nitrogens with two attached hydrogens (primary N) is 1. The third-order valence-electron chi connectivity index (χ3n) is 2.09. The molecule has 5 heteroatoms. The zero-order chi connectivity index (χ0) is 12.0. The summed E-state index contributed by atoms with van der Waals surface area (Å²) in [6.07, 6.45) is -2.40. The van der Waals surface area contributed by atoms with Crippen LogP contribution in [0.15, 0.2) is 18.2 Å². The third kappa shape index (κ3) is 4.44. The van der Waals surface area contributed by atoms with Gasteiger partial charge in [0.2, 0.25) is 0 Å². The molecule has 1 aromatic rings. The topological polar surface area (TPSA) is 47.3 Å². The molecule has 0 atom stereocenters. The van der Waals surface area contributed by atoms with Crippen LogP contribution in [0.5, 0.6) is 0 Å². The summed E-state index contributed by atoms with van der Waals surface area (Å²) in [6.45, 7) is 2.15. The van der Waals surface area contributed by atoms with E-state index in [1.807, 2.05) is 19.1 Å². The largest absolute Gasteiger partial charge is 0.399 e. The average molecular weight is 230 g/mol. The smallest absolute Gasteiger partial charge is 0.261 e. The number of benzene rings is 1. The lowest BCUT2D eigenvalue weighted by molar-refractivity contribution is 0.0215. The van der Waals surface area contributed by atoms with E-state index in [0.29, 0.717) is 6.54 Å². The molecule has 0 heterocycles. The second-order valence-electron chi connectivity index (χ2n) is 3.46. The number of aryl methyl sites for hydroxylation is 1. The van der Waals surface area contributed by atoms with Crippen molar-refractivity contribution in [3.63, 3.8) is 0 Å². The molecule has 0 amide bonds. The molecule has 0 aliphatic carbocycles. The Morgan fingerprint density at radius 3 is 2.81 bits per heavy atom. The maximum atomic E-state index is 11.7. The maximum Gasteiger partial charge on any atom is 0.261 e. The summed E-state index contributed by atoms with van der Waals surface area (Å²) in [7, 11) is 0. The molecule has 3 nitrogen and oxygen atoms in total. The molecule has 0 aromatic heterocycles. The van der Waals surface area contributed by atoms with Crippen molar-refractivity contribution in [1.82, 2.24) is 0 Å². The van der Waals surface area contributed by atoms with Crippen LogP contribution in [0.1, 0.15) is 5.56 Å². The highest BCUT2D eigenvalue weighted by molar-refractivity contribution is 5.56. The van der Waals surface area contributed by atoms with Crippen LogP contribution >= 0.6 is 0 Å². The standard InChI is InChI=1S/C11H16F2N2O/c1-8-6-9(2-3-10(8)14)15-4-5-16-7-11(12)13/h2-3,6,11,15H,4-5,7,14H2,1H3. The van der Waals surface area contributed by atoms with E-state index in [9.17, 15) is 8.78 Å². The zero-order valence-electron chi connectivity index (χ0n) is 9.17. The molecule has 1 rings (SSSR count). The van der Waals surface area contributed by atoms with Crippen LogP contribution in [0.3, 0.4) is 0 Å². The van der Waals surface area contributed by atoms with Crippen molar-refractivity contribution in [1.29, 1.82) is 0 Å². The molecule has 0 spiro atoms. The van der Waals surface area contributed by atoms with E-state index < -0.39 is 13.0 Å². The van der Waals surface area contributed by atoms with Crippen LogP contribution in [0.4, 0.5) is 20.2 Å². The van der Waals surface area contributed by atoms with Gasteiger partial charge >= 0.3 is 0 Å².